The molecule has 0 aliphatic rings. The average molecular weight is 629 g/mol. The number of aryl methyl sites for hydroxylation is 1. The fourth-order valence-electron chi connectivity index (χ4n) is 4.43. The van der Waals surface area contributed by atoms with E-state index in [1.165, 1.54) is 4.90 Å². The van der Waals surface area contributed by atoms with E-state index in [0.717, 1.165) is 38.1 Å². The van der Waals surface area contributed by atoms with E-state index in [9.17, 15) is 18.0 Å². The quantitative estimate of drug-likeness (QED) is 0.277. The zero-order chi connectivity index (χ0) is 29.3. The van der Waals surface area contributed by atoms with Crippen LogP contribution in [0.15, 0.2) is 83.3 Å². The fraction of sp³-hybridized carbons (Fsp3) is 0.355. The van der Waals surface area contributed by atoms with Crippen molar-refractivity contribution >= 4 is 43.5 Å². The van der Waals surface area contributed by atoms with Crippen LogP contribution in [0.4, 0.5) is 5.69 Å². The highest BCUT2D eigenvalue weighted by molar-refractivity contribution is 9.10. The molecule has 0 heterocycles. The van der Waals surface area contributed by atoms with Crippen LogP contribution in [0.2, 0.25) is 0 Å². The monoisotopic (exact) mass is 627 g/mol. The summed E-state index contributed by atoms with van der Waals surface area (Å²) in [6.45, 7) is 5.57. The maximum absolute atomic E-state index is 14.2. The number of anilines is 1. The van der Waals surface area contributed by atoms with Gasteiger partial charge in [0.05, 0.1) is 11.9 Å². The molecule has 40 heavy (non-hydrogen) atoms. The Morgan fingerprint density at radius 1 is 0.900 bits per heavy atom. The van der Waals surface area contributed by atoms with Crippen LogP contribution >= 0.6 is 15.9 Å². The summed E-state index contributed by atoms with van der Waals surface area (Å²) >= 11 is 3.45. The van der Waals surface area contributed by atoms with Crippen molar-refractivity contribution in [3.8, 4) is 0 Å². The summed E-state index contributed by atoms with van der Waals surface area (Å²) in [7, 11) is -3.81. The third-order valence-electron chi connectivity index (χ3n) is 6.86. The minimum Gasteiger partial charge on any atom is -0.352 e. The molecule has 1 N–H and O–H groups in total. The van der Waals surface area contributed by atoms with Gasteiger partial charge in [0.1, 0.15) is 12.6 Å². The summed E-state index contributed by atoms with van der Waals surface area (Å²) in [4.78, 5) is 29.4. The van der Waals surface area contributed by atoms with Gasteiger partial charge >= 0.3 is 0 Å². The SMILES string of the molecule is CCc1ccccc1N(CC(=O)N(Cc1ccc(Br)cc1)C(Cc1ccccc1)C(=O)NC(C)CC)S(C)(=O)=O. The van der Waals surface area contributed by atoms with E-state index < -0.39 is 28.5 Å². The van der Waals surface area contributed by atoms with Crippen molar-refractivity contribution in [3.05, 3.63) is 100 Å². The van der Waals surface area contributed by atoms with Gasteiger partial charge in [0.25, 0.3) is 0 Å². The second-order valence-corrected chi connectivity index (χ2v) is 12.7. The van der Waals surface area contributed by atoms with Gasteiger partial charge in [-0.05, 0) is 54.7 Å². The van der Waals surface area contributed by atoms with Crippen molar-refractivity contribution in [2.45, 2.75) is 58.7 Å². The van der Waals surface area contributed by atoms with Crippen LogP contribution in [0.25, 0.3) is 0 Å². The summed E-state index contributed by atoms with van der Waals surface area (Å²) in [5.74, 6) is -0.733. The van der Waals surface area contributed by atoms with Gasteiger partial charge in [0.2, 0.25) is 21.8 Å². The minimum atomic E-state index is -3.81. The molecule has 3 aromatic rings. The van der Waals surface area contributed by atoms with Gasteiger partial charge in [-0.15, -0.1) is 0 Å². The molecule has 2 unspecified atom stereocenters. The third-order valence-corrected chi connectivity index (χ3v) is 8.51. The maximum Gasteiger partial charge on any atom is 0.244 e. The number of benzene rings is 3. The normalized spacial score (nSPS) is 12.8. The largest absolute Gasteiger partial charge is 0.352 e. The maximum atomic E-state index is 14.2. The van der Waals surface area contributed by atoms with Crippen molar-refractivity contribution in [1.82, 2.24) is 10.2 Å². The summed E-state index contributed by atoms with van der Waals surface area (Å²) in [5, 5.41) is 3.04. The minimum absolute atomic E-state index is 0.0839. The first-order chi connectivity index (χ1) is 19.0. The lowest BCUT2D eigenvalue weighted by Gasteiger charge is -2.34. The van der Waals surface area contributed by atoms with Crippen LogP contribution in [0, 0.1) is 0 Å². The van der Waals surface area contributed by atoms with Gasteiger partial charge in [-0.2, -0.15) is 0 Å². The molecule has 0 saturated carbocycles. The first kappa shape index (κ1) is 31.4. The lowest BCUT2D eigenvalue weighted by Crippen LogP contribution is -2.54. The second kappa shape index (κ2) is 14.5. The molecule has 2 atom stereocenters. The topological polar surface area (TPSA) is 86.8 Å². The van der Waals surface area contributed by atoms with E-state index in [4.69, 9.17) is 0 Å². The number of amides is 2. The number of rotatable bonds is 13. The molecule has 9 heteroatoms. The molecule has 7 nitrogen and oxygen atoms in total. The Balaban J connectivity index is 2.07. The Morgan fingerprint density at radius 2 is 1.52 bits per heavy atom. The van der Waals surface area contributed by atoms with Gasteiger partial charge in [-0.3, -0.25) is 13.9 Å². The van der Waals surface area contributed by atoms with E-state index >= 15 is 0 Å². The van der Waals surface area contributed by atoms with Crippen molar-refractivity contribution in [1.29, 1.82) is 0 Å². The highest BCUT2D eigenvalue weighted by atomic mass is 79.9. The number of para-hydroxylation sites is 1. The first-order valence-corrected chi connectivity index (χ1v) is 16.1. The number of halogens is 1. The van der Waals surface area contributed by atoms with Crippen LogP contribution < -0.4 is 9.62 Å². The standard InChI is InChI=1S/C31H38BrN3O4S/c1-5-23(3)33-31(37)29(20-24-12-8-7-9-13-24)34(21-25-16-18-27(32)19-17-25)30(36)22-35(40(4,38)39)28-15-11-10-14-26(28)6-2/h7-19,23,29H,5-6,20-22H2,1-4H3,(H,33,37). The molecule has 0 aliphatic carbocycles. The molecule has 0 bridgehead atoms. The van der Waals surface area contributed by atoms with Crippen molar-refractivity contribution in [3.63, 3.8) is 0 Å². The number of nitrogens with one attached hydrogen (secondary N) is 1. The van der Waals surface area contributed by atoms with E-state index in [-0.39, 0.29) is 24.9 Å². The number of sulfonamides is 1. The smallest absolute Gasteiger partial charge is 0.244 e. The van der Waals surface area contributed by atoms with E-state index in [1.54, 1.807) is 12.1 Å². The predicted molar refractivity (Wildman–Crippen MR) is 165 cm³/mol. The van der Waals surface area contributed by atoms with Crippen molar-refractivity contribution in [2.75, 3.05) is 17.1 Å². The van der Waals surface area contributed by atoms with Crippen LogP contribution in [0.1, 0.15) is 43.9 Å². The van der Waals surface area contributed by atoms with E-state index in [0.29, 0.717) is 12.1 Å². The lowest BCUT2D eigenvalue weighted by atomic mass is 10.0. The number of carbonyl (C=O) groups excluding carboxylic acids is 2. The first-order valence-electron chi connectivity index (χ1n) is 13.5. The van der Waals surface area contributed by atoms with Crippen molar-refractivity contribution < 1.29 is 18.0 Å². The summed E-state index contributed by atoms with van der Waals surface area (Å²) in [6.07, 6.45) is 2.73. The summed E-state index contributed by atoms with van der Waals surface area (Å²) in [6, 6.07) is 23.3. The Kier molecular flexibility index (Phi) is 11.3. The molecule has 2 amide bonds. The Bertz CT molecular complexity index is 1380. The molecular formula is C31H38BrN3O4S. The molecule has 214 valence electrons. The van der Waals surface area contributed by atoms with Gasteiger partial charge in [0.15, 0.2) is 0 Å². The Morgan fingerprint density at radius 3 is 2.12 bits per heavy atom. The Labute approximate surface area is 246 Å². The molecule has 3 rings (SSSR count). The third kappa shape index (κ3) is 8.66. The number of nitrogens with zero attached hydrogens (tertiary/aromatic N) is 2. The number of hydrogen-bond donors (Lipinski definition) is 1. The Hall–Kier alpha value is -3.17. The molecule has 0 aliphatic heterocycles. The van der Waals surface area contributed by atoms with Crippen LogP contribution in [-0.2, 0) is 39.0 Å². The molecule has 0 radical (unpaired) electrons. The number of hydrogen-bond acceptors (Lipinski definition) is 4. The summed E-state index contributed by atoms with van der Waals surface area (Å²) in [5.41, 5.74) is 3.01. The highest BCUT2D eigenvalue weighted by Gasteiger charge is 2.33. The second-order valence-electron chi connectivity index (χ2n) is 9.92. The van der Waals surface area contributed by atoms with Gasteiger partial charge in [-0.25, -0.2) is 8.42 Å². The number of carbonyl (C=O) groups is 2. The van der Waals surface area contributed by atoms with Crippen LogP contribution in [0.5, 0.6) is 0 Å². The zero-order valence-corrected chi connectivity index (χ0v) is 25.9. The van der Waals surface area contributed by atoms with Crippen LogP contribution in [-0.4, -0.2) is 50.0 Å². The van der Waals surface area contributed by atoms with Gasteiger partial charge in [0, 0.05) is 23.5 Å². The summed E-state index contributed by atoms with van der Waals surface area (Å²) < 4.78 is 28.0. The van der Waals surface area contributed by atoms with E-state index in [1.807, 2.05) is 87.5 Å². The fourth-order valence-corrected chi connectivity index (χ4v) is 5.57. The molecule has 3 aromatic carbocycles. The van der Waals surface area contributed by atoms with Crippen molar-refractivity contribution in [2.24, 2.45) is 0 Å². The molecule has 0 saturated heterocycles. The lowest BCUT2D eigenvalue weighted by molar-refractivity contribution is -0.140. The van der Waals surface area contributed by atoms with Gasteiger partial charge < -0.3 is 10.2 Å². The van der Waals surface area contributed by atoms with Crippen LogP contribution in [0.3, 0.4) is 0 Å². The molecule has 0 fully saturated rings. The molecule has 0 spiro atoms. The predicted octanol–water partition coefficient (Wildman–Crippen LogP) is 5.33. The average Bonchev–Trinajstić information content (AvgIpc) is 2.94. The van der Waals surface area contributed by atoms with E-state index in [2.05, 4.69) is 21.2 Å². The highest BCUT2D eigenvalue weighted by Crippen LogP contribution is 2.25. The van der Waals surface area contributed by atoms with Gasteiger partial charge in [-0.1, -0.05) is 90.4 Å². The molecule has 0 aromatic heterocycles. The zero-order valence-electron chi connectivity index (χ0n) is 23.5. The molecular weight excluding hydrogens is 590 g/mol.